The van der Waals surface area contributed by atoms with E-state index in [0.717, 1.165) is 71.3 Å². The fourth-order valence-electron chi connectivity index (χ4n) is 6.06. The SMILES string of the molecule is CCCCc1ccc(N=C2C=C(Nc3ccc(CCCC)cc3)C(=Nc3ccc(CCCC)cc3)C=C2Nc2ccc(CCCC)cc2)cc1. The fourth-order valence-corrected chi connectivity index (χ4v) is 6.06. The van der Waals surface area contributed by atoms with E-state index in [2.05, 4.69) is 148 Å². The molecule has 5 rings (SSSR count). The quantitative estimate of drug-likeness (QED) is 0.104. The van der Waals surface area contributed by atoms with E-state index >= 15 is 0 Å². The van der Waals surface area contributed by atoms with Crippen LogP contribution in [0, 0.1) is 0 Å². The van der Waals surface area contributed by atoms with Crippen molar-refractivity contribution in [3.63, 3.8) is 0 Å². The minimum Gasteiger partial charge on any atom is -0.354 e. The highest BCUT2D eigenvalue weighted by Gasteiger charge is 2.19. The van der Waals surface area contributed by atoms with Crippen molar-refractivity contribution in [3.8, 4) is 0 Å². The zero-order chi connectivity index (χ0) is 35.0. The Morgan fingerprint density at radius 3 is 0.940 bits per heavy atom. The molecule has 4 aromatic rings. The van der Waals surface area contributed by atoms with Gasteiger partial charge in [-0.15, -0.1) is 0 Å². The summed E-state index contributed by atoms with van der Waals surface area (Å²) in [5, 5.41) is 7.42. The van der Waals surface area contributed by atoms with Gasteiger partial charge in [0.1, 0.15) is 0 Å². The Hall–Kier alpha value is -4.70. The first-order valence-electron chi connectivity index (χ1n) is 19.1. The molecule has 0 unspecified atom stereocenters. The average molecular weight is 665 g/mol. The number of benzene rings is 4. The maximum absolute atomic E-state index is 5.21. The molecule has 1 aliphatic rings. The van der Waals surface area contributed by atoms with Crippen molar-refractivity contribution in [1.29, 1.82) is 0 Å². The predicted octanol–water partition coefficient (Wildman–Crippen LogP) is 12.9. The van der Waals surface area contributed by atoms with E-state index < -0.39 is 0 Å². The second-order valence-electron chi connectivity index (χ2n) is 13.5. The first kappa shape index (κ1) is 36.6. The fraction of sp³-hybridized carbons (Fsp3) is 0.348. The standard InChI is InChI=1S/C46H56N4/c1-5-9-13-35-17-25-39(26-18-35)47-43-33-45(49-41-29-21-37(22-30-41)15-11-7-3)46(50-42-31-23-38(24-32-42)16-12-8-4)34-44(43)48-40-27-19-36(20-28-40)14-10-6-2/h17-34,47,50H,5-16H2,1-4H3. The maximum atomic E-state index is 5.21. The van der Waals surface area contributed by atoms with Crippen LogP contribution in [-0.2, 0) is 25.7 Å². The van der Waals surface area contributed by atoms with Crippen LogP contribution in [0.15, 0.2) is 131 Å². The topological polar surface area (TPSA) is 48.8 Å². The minimum absolute atomic E-state index is 0.859. The number of nitrogens with zero attached hydrogens (tertiary/aromatic N) is 2. The van der Waals surface area contributed by atoms with Crippen molar-refractivity contribution in [1.82, 2.24) is 0 Å². The van der Waals surface area contributed by atoms with E-state index in [1.807, 2.05) is 0 Å². The second-order valence-corrected chi connectivity index (χ2v) is 13.5. The summed E-state index contributed by atoms with van der Waals surface area (Å²) in [7, 11) is 0. The lowest BCUT2D eigenvalue weighted by Crippen LogP contribution is -2.22. The molecule has 4 nitrogen and oxygen atoms in total. The second kappa shape index (κ2) is 19.5. The van der Waals surface area contributed by atoms with Gasteiger partial charge in [-0.3, -0.25) is 0 Å². The third-order valence-electron chi connectivity index (χ3n) is 9.23. The van der Waals surface area contributed by atoms with Gasteiger partial charge in [-0.1, -0.05) is 102 Å². The summed E-state index contributed by atoms with van der Waals surface area (Å²) in [5.41, 5.74) is 12.9. The van der Waals surface area contributed by atoms with E-state index in [1.165, 1.54) is 73.6 Å². The summed E-state index contributed by atoms with van der Waals surface area (Å²) in [6.45, 7) is 8.96. The molecule has 0 saturated heterocycles. The van der Waals surface area contributed by atoms with Crippen LogP contribution in [0.5, 0.6) is 0 Å². The largest absolute Gasteiger partial charge is 0.354 e. The molecule has 0 aliphatic heterocycles. The Labute approximate surface area is 301 Å². The van der Waals surface area contributed by atoms with E-state index in [4.69, 9.17) is 9.98 Å². The Balaban J connectivity index is 1.53. The first-order valence-corrected chi connectivity index (χ1v) is 19.1. The molecule has 0 heterocycles. The summed E-state index contributed by atoms with van der Waals surface area (Å²) in [6, 6.07) is 35.0. The van der Waals surface area contributed by atoms with Crippen molar-refractivity contribution in [2.45, 2.75) is 105 Å². The first-order chi connectivity index (χ1) is 24.6. The molecule has 0 bridgehead atoms. The summed E-state index contributed by atoms with van der Waals surface area (Å²) in [4.78, 5) is 10.4. The molecule has 260 valence electrons. The third-order valence-corrected chi connectivity index (χ3v) is 9.23. The van der Waals surface area contributed by atoms with Gasteiger partial charge in [0.2, 0.25) is 0 Å². The smallest absolute Gasteiger partial charge is 0.0894 e. The lowest BCUT2D eigenvalue weighted by Gasteiger charge is -2.21. The number of nitrogens with one attached hydrogen (secondary N) is 2. The van der Waals surface area contributed by atoms with E-state index in [1.54, 1.807) is 0 Å². The van der Waals surface area contributed by atoms with Crippen molar-refractivity contribution in [2.75, 3.05) is 10.6 Å². The number of aryl methyl sites for hydroxylation is 4. The number of aliphatic imine (C=N–C) groups is 2. The zero-order valence-corrected chi connectivity index (χ0v) is 30.8. The molecule has 4 heteroatoms. The van der Waals surface area contributed by atoms with E-state index in [0.29, 0.717) is 0 Å². The molecule has 0 spiro atoms. The van der Waals surface area contributed by atoms with Gasteiger partial charge in [0.05, 0.1) is 34.2 Å². The number of unbranched alkanes of at least 4 members (excludes halogenated alkanes) is 4. The molecular formula is C46H56N4. The molecule has 0 fully saturated rings. The normalized spacial score (nSPS) is 14.5. The number of allylic oxidation sites excluding steroid dienone is 2. The lowest BCUT2D eigenvalue weighted by atomic mass is 10.0. The van der Waals surface area contributed by atoms with Crippen LogP contribution in [0.3, 0.4) is 0 Å². The molecule has 0 atom stereocenters. The molecule has 1 aliphatic carbocycles. The van der Waals surface area contributed by atoms with Crippen LogP contribution in [0.1, 0.15) is 101 Å². The Morgan fingerprint density at radius 1 is 0.380 bits per heavy atom. The molecule has 50 heavy (non-hydrogen) atoms. The van der Waals surface area contributed by atoms with Gasteiger partial charge in [-0.25, -0.2) is 9.98 Å². The molecule has 0 radical (unpaired) electrons. The van der Waals surface area contributed by atoms with Crippen LogP contribution >= 0.6 is 0 Å². The number of hydrogen-bond acceptors (Lipinski definition) is 4. The molecular weight excluding hydrogens is 609 g/mol. The average Bonchev–Trinajstić information content (AvgIpc) is 3.15. The molecule has 2 N–H and O–H groups in total. The lowest BCUT2D eigenvalue weighted by molar-refractivity contribution is 0.795. The number of hydrogen-bond donors (Lipinski definition) is 2. The van der Waals surface area contributed by atoms with Crippen molar-refractivity contribution in [3.05, 3.63) is 143 Å². The summed E-state index contributed by atoms with van der Waals surface area (Å²) in [5.74, 6) is 0. The summed E-state index contributed by atoms with van der Waals surface area (Å²) >= 11 is 0. The maximum Gasteiger partial charge on any atom is 0.0894 e. The van der Waals surface area contributed by atoms with Crippen molar-refractivity contribution >= 4 is 34.2 Å². The molecule has 0 aromatic heterocycles. The number of anilines is 2. The number of rotatable bonds is 18. The monoisotopic (exact) mass is 664 g/mol. The van der Waals surface area contributed by atoms with Crippen LogP contribution in [0.4, 0.5) is 22.7 Å². The molecule has 4 aromatic carbocycles. The van der Waals surface area contributed by atoms with Gasteiger partial charge in [0, 0.05) is 11.4 Å². The molecule has 0 saturated carbocycles. The van der Waals surface area contributed by atoms with Gasteiger partial charge in [0.25, 0.3) is 0 Å². The van der Waals surface area contributed by atoms with Gasteiger partial charge in [-0.2, -0.15) is 0 Å². The van der Waals surface area contributed by atoms with Crippen LogP contribution < -0.4 is 10.6 Å². The predicted molar refractivity (Wildman–Crippen MR) is 218 cm³/mol. The minimum atomic E-state index is 0.859. The third kappa shape index (κ3) is 11.2. The van der Waals surface area contributed by atoms with Crippen molar-refractivity contribution < 1.29 is 0 Å². The van der Waals surface area contributed by atoms with Gasteiger partial charge >= 0.3 is 0 Å². The summed E-state index contributed by atoms with van der Waals surface area (Å²) in [6.07, 6.45) is 18.3. The van der Waals surface area contributed by atoms with E-state index in [-0.39, 0.29) is 0 Å². The molecule has 0 amide bonds. The van der Waals surface area contributed by atoms with E-state index in [9.17, 15) is 0 Å². The van der Waals surface area contributed by atoms with Crippen LogP contribution in [-0.4, -0.2) is 11.4 Å². The highest BCUT2D eigenvalue weighted by Crippen LogP contribution is 2.26. The zero-order valence-electron chi connectivity index (χ0n) is 30.8. The van der Waals surface area contributed by atoms with Crippen LogP contribution in [0.2, 0.25) is 0 Å². The Morgan fingerprint density at radius 2 is 0.660 bits per heavy atom. The summed E-state index contributed by atoms with van der Waals surface area (Å²) < 4.78 is 0. The van der Waals surface area contributed by atoms with Gasteiger partial charge in [0.15, 0.2) is 0 Å². The Bertz CT molecular complexity index is 1610. The van der Waals surface area contributed by atoms with Gasteiger partial charge < -0.3 is 10.6 Å². The van der Waals surface area contributed by atoms with Crippen molar-refractivity contribution in [2.24, 2.45) is 9.98 Å². The highest BCUT2D eigenvalue weighted by atomic mass is 15.0. The Kier molecular flexibility index (Phi) is 14.2. The van der Waals surface area contributed by atoms with Gasteiger partial charge in [-0.05, 0) is 134 Å². The highest BCUT2D eigenvalue weighted by molar-refractivity contribution is 6.26. The van der Waals surface area contributed by atoms with Crippen LogP contribution in [0.25, 0.3) is 0 Å².